The molecule has 168 valence electrons. The van der Waals surface area contributed by atoms with Crippen LogP contribution in [0, 0.1) is 11.7 Å². The van der Waals surface area contributed by atoms with Crippen molar-refractivity contribution in [2.45, 2.75) is 56.0 Å². The first-order chi connectivity index (χ1) is 13.8. The van der Waals surface area contributed by atoms with Gasteiger partial charge in [0.05, 0.1) is 12.1 Å². The van der Waals surface area contributed by atoms with Crippen molar-refractivity contribution in [3.05, 3.63) is 29.6 Å². The lowest BCUT2D eigenvalue weighted by molar-refractivity contribution is -0.249. The number of alkyl halides is 3. The van der Waals surface area contributed by atoms with Gasteiger partial charge in [-0.25, -0.2) is 9.18 Å². The van der Waals surface area contributed by atoms with Gasteiger partial charge in [-0.3, -0.25) is 10.2 Å². The number of carboxylic acid groups (broad SMARTS) is 1. The van der Waals surface area contributed by atoms with E-state index >= 15 is 0 Å². The van der Waals surface area contributed by atoms with Crippen molar-refractivity contribution in [1.82, 2.24) is 10.2 Å². The van der Waals surface area contributed by atoms with Gasteiger partial charge in [0.2, 0.25) is 0 Å². The second-order valence-electron chi connectivity index (χ2n) is 8.64. The van der Waals surface area contributed by atoms with Crippen LogP contribution in [-0.4, -0.2) is 51.8 Å². The van der Waals surface area contributed by atoms with Crippen molar-refractivity contribution in [3.63, 3.8) is 0 Å². The van der Waals surface area contributed by atoms with Gasteiger partial charge < -0.3 is 15.6 Å². The molecule has 11 heteroatoms. The molecule has 3 rings (SSSR count). The van der Waals surface area contributed by atoms with Crippen LogP contribution in [0.1, 0.15) is 32.8 Å². The molecule has 0 saturated carbocycles. The number of rotatable bonds is 2. The molecular formula is C19H25F4N3O3S. The molecule has 1 aromatic carbocycles. The Kier molecular flexibility index (Phi) is 5.94. The van der Waals surface area contributed by atoms with Gasteiger partial charge in [0.1, 0.15) is 11.3 Å². The van der Waals surface area contributed by atoms with Gasteiger partial charge in [0, 0.05) is 22.5 Å². The number of amides is 1. The summed E-state index contributed by atoms with van der Waals surface area (Å²) in [6.07, 6.45) is -8.07. The molecule has 2 saturated heterocycles. The second kappa shape index (κ2) is 7.76. The first-order valence-corrected chi connectivity index (χ1v) is 10.5. The summed E-state index contributed by atoms with van der Waals surface area (Å²) in [5, 5.41) is 12.9. The highest BCUT2D eigenvalue weighted by molar-refractivity contribution is 7.99. The summed E-state index contributed by atoms with van der Waals surface area (Å²) in [6, 6.07) is 3.89. The van der Waals surface area contributed by atoms with E-state index in [2.05, 4.69) is 5.32 Å². The SMILES string of the molecule is CC(C)(C)N(C(=O)O)C1N[C@@]2(c3cc(N)ccc3F)CO[C@@H](C(F)(F)F)C[C@H]2CS1. The van der Waals surface area contributed by atoms with Gasteiger partial charge in [-0.15, -0.1) is 11.8 Å². The monoisotopic (exact) mass is 451 g/mol. The van der Waals surface area contributed by atoms with E-state index in [1.165, 1.54) is 28.8 Å². The van der Waals surface area contributed by atoms with E-state index in [4.69, 9.17) is 10.5 Å². The minimum absolute atomic E-state index is 0.0812. The molecule has 0 aliphatic carbocycles. The number of carbonyl (C=O) groups is 1. The van der Waals surface area contributed by atoms with Crippen molar-refractivity contribution < 1.29 is 32.2 Å². The predicted molar refractivity (Wildman–Crippen MR) is 105 cm³/mol. The minimum Gasteiger partial charge on any atom is -0.465 e. The molecular weight excluding hydrogens is 426 g/mol. The topological polar surface area (TPSA) is 87.8 Å². The normalized spacial score (nSPS) is 29.9. The lowest BCUT2D eigenvalue weighted by Crippen LogP contribution is -2.68. The molecule has 0 bridgehead atoms. The number of thioether (sulfide) groups is 1. The lowest BCUT2D eigenvalue weighted by atomic mass is 9.74. The summed E-state index contributed by atoms with van der Waals surface area (Å²) >= 11 is 1.19. The quantitative estimate of drug-likeness (QED) is 0.466. The fourth-order valence-corrected chi connectivity index (χ4v) is 5.77. The molecule has 1 aromatic rings. The Labute approximate surface area is 176 Å². The van der Waals surface area contributed by atoms with E-state index in [-0.39, 0.29) is 23.4 Å². The van der Waals surface area contributed by atoms with E-state index in [0.29, 0.717) is 0 Å². The highest BCUT2D eigenvalue weighted by atomic mass is 32.2. The predicted octanol–water partition coefficient (Wildman–Crippen LogP) is 3.97. The Morgan fingerprint density at radius 3 is 2.60 bits per heavy atom. The zero-order chi connectivity index (χ0) is 22.5. The largest absolute Gasteiger partial charge is 0.465 e. The third kappa shape index (κ3) is 4.19. The summed E-state index contributed by atoms with van der Waals surface area (Å²) in [7, 11) is 0. The van der Waals surface area contributed by atoms with Gasteiger partial charge in [-0.2, -0.15) is 13.2 Å². The maximum absolute atomic E-state index is 14.9. The Morgan fingerprint density at radius 1 is 1.37 bits per heavy atom. The number of nitrogens with two attached hydrogens (primary N) is 1. The van der Waals surface area contributed by atoms with Gasteiger partial charge in [-0.05, 0) is 51.3 Å². The highest BCUT2D eigenvalue weighted by Gasteiger charge is 2.57. The fourth-order valence-electron chi connectivity index (χ4n) is 4.08. The van der Waals surface area contributed by atoms with E-state index in [1.54, 1.807) is 20.8 Å². The lowest BCUT2D eigenvalue weighted by Gasteiger charge is -2.54. The molecule has 2 fully saturated rings. The van der Waals surface area contributed by atoms with Crippen molar-refractivity contribution in [1.29, 1.82) is 0 Å². The van der Waals surface area contributed by atoms with Crippen LogP contribution >= 0.6 is 11.8 Å². The average Bonchev–Trinajstić information content (AvgIpc) is 2.60. The van der Waals surface area contributed by atoms with Crippen molar-refractivity contribution in [2.24, 2.45) is 5.92 Å². The second-order valence-corrected chi connectivity index (χ2v) is 9.75. The first kappa shape index (κ1) is 23.0. The molecule has 30 heavy (non-hydrogen) atoms. The number of halogens is 4. The zero-order valence-corrected chi connectivity index (χ0v) is 17.6. The smallest absolute Gasteiger partial charge is 0.414 e. The number of nitrogen functional groups attached to an aromatic ring is 1. The summed E-state index contributed by atoms with van der Waals surface area (Å²) in [5.74, 6) is -1.09. The molecule has 2 aliphatic rings. The summed E-state index contributed by atoms with van der Waals surface area (Å²) in [6.45, 7) is 4.66. The van der Waals surface area contributed by atoms with Gasteiger partial charge in [0.15, 0.2) is 6.10 Å². The highest BCUT2D eigenvalue weighted by Crippen LogP contribution is 2.48. The number of fused-ring (bicyclic) bond motifs is 1. The minimum atomic E-state index is -4.54. The van der Waals surface area contributed by atoms with E-state index in [0.717, 1.165) is 6.07 Å². The molecule has 2 aliphatic heterocycles. The third-order valence-corrected chi connectivity index (χ3v) is 6.78. The molecule has 0 spiro atoms. The van der Waals surface area contributed by atoms with Crippen LogP contribution < -0.4 is 11.1 Å². The van der Waals surface area contributed by atoms with Gasteiger partial charge >= 0.3 is 12.3 Å². The maximum atomic E-state index is 14.9. The molecule has 1 amide bonds. The first-order valence-electron chi connectivity index (χ1n) is 9.41. The van der Waals surface area contributed by atoms with Crippen LogP contribution in [0.15, 0.2) is 18.2 Å². The maximum Gasteiger partial charge on any atom is 0.414 e. The number of benzene rings is 1. The third-order valence-electron chi connectivity index (χ3n) is 5.54. The van der Waals surface area contributed by atoms with Crippen molar-refractivity contribution >= 4 is 23.5 Å². The van der Waals surface area contributed by atoms with Crippen LogP contribution in [-0.2, 0) is 10.3 Å². The van der Waals surface area contributed by atoms with Crippen molar-refractivity contribution in [2.75, 3.05) is 18.1 Å². The van der Waals surface area contributed by atoms with Gasteiger partial charge in [0.25, 0.3) is 0 Å². The number of anilines is 1. The molecule has 4 N–H and O–H groups in total. The Hall–Kier alpha value is -1.72. The van der Waals surface area contributed by atoms with E-state index < -0.39 is 53.3 Å². The zero-order valence-electron chi connectivity index (χ0n) is 16.8. The summed E-state index contributed by atoms with van der Waals surface area (Å²) in [5.41, 5.74) is 3.20. The molecule has 1 unspecified atom stereocenters. The molecule has 6 nitrogen and oxygen atoms in total. The Bertz CT molecular complexity index is 817. The van der Waals surface area contributed by atoms with Gasteiger partial charge in [-0.1, -0.05) is 0 Å². The van der Waals surface area contributed by atoms with E-state index in [9.17, 15) is 27.5 Å². The number of ether oxygens (including phenoxy) is 1. The van der Waals surface area contributed by atoms with Crippen LogP contribution in [0.4, 0.5) is 28.0 Å². The number of hydrogen-bond acceptors (Lipinski definition) is 5. The fraction of sp³-hybridized carbons (Fsp3) is 0.632. The van der Waals surface area contributed by atoms with Crippen LogP contribution in [0.5, 0.6) is 0 Å². The standard InChI is InChI=1S/C19H25F4N3O3S/c1-17(2,3)26(16(27)28)15-25-18(12-7-11(24)4-5-13(12)20)9-29-14(19(21,22)23)6-10(18)8-30-15/h4-5,7,10,14-15,25H,6,8-9,24H2,1-3H3,(H,27,28)/t10-,14+,15?,18-/m0/s1. The molecule has 0 aromatic heterocycles. The number of nitrogens with zero attached hydrogens (tertiary/aromatic N) is 1. The summed E-state index contributed by atoms with van der Waals surface area (Å²) < 4.78 is 59.9. The molecule has 0 radical (unpaired) electrons. The molecule has 4 atom stereocenters. The number of hydrogen-bond donors (Lipinski definition) is 3. The van der Waals surface area contributed by atoms with Crippen LogP contribution in [0.2, 0.25) is 0 Å². The van der Waals surface area contributed by atoms with Crippen molar-refractivity contribution in [3.8, 4) is 0 Å². The summed E-state index contributed by atoms with van der Waals surface area (Å²) in [4.78, 5) is 13.1. The molecule has 2 heterocycles. The Morgan fingerprint density at radius 2 is 2.03 bits per heavy atom. The Balaban J connectivity index is 2.06. The van der Waals surface area contributed by atoms with Crippen LogP contribution in [0.3, 0.4) is 0 Å². The number of nitrogens with one attached hydrogen (secondary N) is 1. The van der Waals surface area contributed by atoms with Crippen LogP contribution in [0.25, 0.3) is 0 Å². The van der Waals surface area contributed by atoms with E-state index in [1.807, 2.05) is 0 Å². The average molecular weight is 451 g/mol.